The number of esters is 3. The second-order valence-corrected chi connectivity index (χ2v) is 16.8. The van der Waals surface area contributed by atoms with E-state index >= 15 is 0 Å². The summed E-state index contributed by atoms with van der Waals surface area (Å²) in [6, 6.07) is 0. The first kappa shape index (κ1) is 61.5. The first-order valence-electron chi connectivity index (χ1n) is 26.3. The summed E-state index contributed by atoms with van der Waals surface area (Å²) in [5.41, 5.74) is 0. The fourth-order valence-corrected chi connectivity index (χ4v) is 6.68. The molecule has 0 saturated carbocycles. The van der Waals surface area contributed by atoms with E-state index in [1.807, 2.05) is 54.7 Å². The van der Waals surface area contributed by atoms with Gasteiger partial charge in [-0.05, 0) is 96.3 Å². The molecule has 0 aliphatic carbocycles. The molecule has 0 aromatic carbocycles. The highest BCUT2D eigenvalue weighted by Gasteiger charge is 2.19. The van der Waals surface area contributed by atoms with Crippen LogP contribution in [0.5, 0.6) is 0 Å². The molecule has 6 nitrogen and oxygen atoms in total. The maximum atomic E-state index is 12.8. The van der Waals surface area contributed by atoms with Crippen molar-refractivity contribution in [2.75, 3.05) is 13.2 Å². The predicted molar refractivity (Wildman–Crippen MR) is 283 cm³/mol. The summed E-state index contributed by atoms with van der Waals surface area (Å²) in [5.74, 6) is -1.02. The molecule has 0 rings (SSSR count). The summed E-state index contributed by atoms with van der Waals surface area (Å²) >= 11 is 0. The summed E-state index contributed by atoms with van der Waals surface area (Å²) in [7, 11) is 0. The lowest BCUT2D eigenvalue weighted by Crippen LogP contribution is -2.30. The highest BCUT2D eigenvalue weighted by Crippen LogP contribution is 2.14. The molecule has 0 bridgehead atoms. The number of rotatable bonds is 45. The second-order valence-electron chi connectivity index (χ2n) is 16.8. The lowest BCUT2D eigenvalue weighted by molar-refractivity contribution is -0.167. The number of hydrogen-bond donors (Lipinski definition) is 0. The van der Waals surface area contributed by atoms with E-state index in [9.17, 15) is 14.4 Å². The van der Waals surface area contributed by atoms with Crippen molar-refractivity contribution < 1.29 is 28.6 Å². The van der Waals surface area contributed by atoms with Crippen molar-refractivity contribution in [1.82, 2.24) is 0 Å². The molecule has 0 amide bonds. The van der Waals surface area contributed by atoms with Crippen LogP contribution >= 0.6 is 0 Å². The van der Waals surface area contributed by atoms with Gasteiger partial charge in [-0.3, -0.25) is 14.4 Å². The van der Waals surface area contributed by atoms with Gasteiger partial charge in [-0.1, -0.05) is 225 Å². The van der Waals surface area contributed by atoms with Crippen molar-refractivity contribution in [3.8, 4) is 0 Å². The minimum Gasteiger partial charge on any atom is -0.462 e. The van der Waals surface area contributed by atoms with E-state index < -0.39 is 6.10 Å². The SMILES string of the molecule is CC\C=C/C=C\C=C/C=C\C=C/CCCC(=O)OCC(COC(=O)CCCCCCCCCCC/C=C\C/C=C\C/C=C\CC)OC(=O)CCCCCCCC/C=C\C/C=C\C/C=C\CC. The second kappa shape index (κ2) is 53.2. The zero-order valence-corrected chi connectivity index (χ0v) is 42.1. The molecule has 0 aliphatic heterocycles. The fraction of sp³-hybridized carbons (Fsp3) is 0.583. The molecule has 0 N–H and O–H groups in total. The van der Waals surface area contributed by atoms with Crippen LogP contribution in [0.15, 0.2) is 134 Å². The van der Waals surface area contributed by atoms with Gasteiger partial charge in [-0.2, -0.15) is 0 Å². The molecule has 0 aromatic heterocycles. The molecule has 1 unspecified atom stereocenters. The van der Waals surface area contributed by atoms with Crippen LogP contribution in [0.1, 0.15) is 207 Å². The van der Waals surface area contributed by atoms with Gasteiger partial charge in [0.15, 0.2) is 6.10 Å². The molecule has 0 heterocycles. The van der Waals surface area contributed by atoms with E-state index in [1.54, 1.807) is 0 Å². The molecular weight excluding hydrogens is 817 g/mol. The van der Waals surface area contributed by atoms with Gasteiger partial charge in [0.25, 0.3) is 0 Å². The molecule has 66 heavy (non-hydrogen) atoms. The highest BCUT2D eigenvalue weighted by molar-refractivity contribution is 5.71. The lowest BCUT2D eigenvalue weighted by Gasteiger charge is -2.18. The van der Waals surface area contributed by atoms with Crippen LogP contribution < -0.4 is 0 Å². The van der Waals surface area contributed by atoms with Crippen LogP contribution in [0.25, 0.3) is 0 Å². The van der Waals surface area contributed by atoms with E-state index in [2.05, 4.69) is 99.8 Å². The molecule has 0 radical (unpaired) electrons. The summed E-state index contributed by atoms with van der Waals surface area (Å²) in [4.78, 5) is 38.0. The predicted octanol–water partition coefficient (Wildman–Crippen LogP) is 17.5. The fourth-order valence-electron chi connectivity index (χ4n) is 6.68. The van der Waals surface area contributed by atoms with Gasteiger partial charge in [0.1, 0.15) is 13.2 Å². The first-order chi connectivity index (χ1) is 32.5. The van der Waals surface area contributed by atoms with Gasteiger partial charge in [0.2, 0.25) is 0 Å². The average molecular weight is 911 g/mol. The number of allylic oxidation sites excluding steroid dienone is 22. The number of unbranched alkanes of at least 4 members (excludes halogenated alkanes) is 16. The Labute approximate surface area is 405 Å². The lowest BCUT2D eigenvalue weighted by atomic mass is 10.1. The third-order valence-electron chi connectivity index (χ3n) is 10.5. The van der Waals surface area contributed by atoms with Crippen LogP contribution in [0.3, 0.4) is 0 Å². The Hall–Kier alpha value is -4.45. The van der Waals surface area contributed by atoms with Gasteiger partial charge >= 0.3 is 17.9 Å². The van der Waals surface area contributed by atoms with Crippen molar-refractivity contribution >= 4 is 17.9 Å². The Morgan fingerprint density at radius 2 is 0.636 bits per heavy atom. The minimum atomic E-state index is -0.821. The Bertz CT molecular complexity index is 1460. The molecule has 0 saturated heterocycles. The largest absolute Gasteiger partial charge is 0.462 e. The number of ether oxygens (including phenoxy) is 3. The number of carbonyl (C=O) groups excluding carboxylic acids is 3. The topological polar surface area (TPSA) is 78.9 Å². The maximum Gasteiger partial charge on any atom is 0.306 e. The van der Waals surface area contributed by atoms with Crippen molar-refractivity contribution in [2.24, 2.45) is 0 Å². The van der Waals surface area contributed by atoms with E-state index in [1.165, 1.54) is 51.4 Å². The summed E-state index contributed by atoms with van der Waals surface area (Å²) in [6.45, 7) is 6.18. The maximum absolute atomic E-state index is 12.8. The summed E-state index contributed by atoms with van der Waals surface area (Å²) in [5, 5.41) is 0. The normalized spacial score (nSPS) is 13.2. The van der Waals surface area contributed by atoms with Crippen molar-refractivity contribution in [3.05, 3.63) is 134 Å². The van der Waals surface area contributed by atoms with Crippen LogP contribution in [0.4, 0.5) is 0 Å². The highest BCUT2D eigenvalue weighted by atomic mass is 16.6. The van der Waals surface area contributed by atoms with Crippen LogP contribution in [0, 0.1) is 0 Å². The molecule has 0 aliphatic rings. The Morgan fingerprint density at radius 1 is 0.318 bits per heavy atom. The quantitative estimate of drug-likeness (QED) is 0.0199. The van der Waals surface area contributed by atoms with E-state index in [0.29, 0.717) is 19.3 Å². The van der Waals surface area contributed by atoms with Crippen molar-refractivity contribution in [2.45, 2.75) is 213 Å². The van der Waals surface area contributed by atoms with Crippen molar-refractivity contribution in [3.63, 3.8) is 0 Å². The summed E-state index contributed by atoms with van der Waals surface area (Å²) in [6.07, 6.45) is 74.4. The van der Waals surface area contributed by atoms with Crippen LogP contribution in [-0.4, -0.2) is 37.2 Å². The van der Waals surface area contributed by atoms with Gasteiger partial charge < -0.3 is 14.2 Å². The van der Waals surface area contributed by atoms with Crippen LogP contribution in [-0.2, 0) is 28.6 Å². The zero-order valence-electron chi connectivity index (χ0n) is 42.1. The Morgan fingerprint density at radius 3 is 1.08 bits per heavy atom. The molecule has 0 aromatic rings. The van der Waals surface area contributed by atoms with Crippen LogP contribution in [0.2, 0.25) is 0 Å². The van der Waals surface area contributed by atoms with Gasteiger partial charge in [0, 0.05) is 19.3 Å². The van der Waals surface area contributed by atoms with Gasteiger partial charge in [-0.15, -0.1) is 0 Å². The average Bonchev–Trinajstić information content (AvgIpc) is 3.31. The Balaban J connectivity index is 4.50. The van der Waals surface area contributed by atoms with E-state index in [0.717, 1.165) is 109 Å². The third kappa shape index (κ3) is 50.5. The molecule has 0 fully saturated rings. The van der Waals surface area contributed by atoms with Crippen molar-refractivity contribution in [1.29, 1.82) is 0 Å². The molecule has 0 spiro atoms. The first-order valence-corrected chi connectivity index (χ1v) is 26.3. The standard InChI is InChI=1S/C60H94O6/c1-4-7-10-13-16-19-22-25-27-29-30-31-33-35-38-41-44-47-50-53-59(62)65-56-57(55-64-58(61)52-49-46-43-40-37-34-24-21-18-15-12-9-6-3)66-60(63)54-51-48-45-42-39-36-32-28-26-23-20-17-14-11-8-5-2/h7-12,15-21,24-28,34,37,40,43,57H,4-6,13-14,22-23,29-33,35-36,38-39,41-42,44-56H2,1-3H3/b10-7-,11-8-,12-9-,18-15-,19-16-,20-17-,24-21-,27-25-,28-26-,37-34-,43-40-. The molecule has 1 atom stereocenters. The molecular formula is C60H94O6. The monoisotopic (exact) mass is 911 g/mol. The summed E-state index contributed by atoms with van der Waals surface area (Å²) < 4.78 is 16.7. The van der Waals surface area contributed by atoms with E-state index in [-0.39, 0.29) is 37.5 Å². The third-order valence-corrected chi connectivity index (χ3v) is 10.5. The number of carbonyl (C=O) groups is 3. The van der Waals surface area contributed by atoms with Gasteiger partial charge in [0.05, 0.1) is 0 Å². The number of hydrogen-bond acceptors (Lipinski definition) is 6. The smallest absolute Gasteiger partial charge is 0.306 e. The Kier molecular flexibility index (Phi) is 49.6. The minimum absolute atomic E-state index is 0.114. The molecule has 370 valence electrons. The molecule has 6 heteroatoms. The van der Waals surface area contributed by atoms with Gasteiger partial charge in [-0.25, -0.2) is 0 Å². The van der Waals surface area contributed by atoms with E-state index in [4.69, 9.17) is 14.2 Å². The zero-order chi connectivity index (χ0) is 47.9.